The molecule has 4 rings (SSSR count). The summed E-state index contributed by atoms with van der Waals surface area (Å²) in [4.78, 5) is 0. The first-order valence-electron chi connectivity index (χ1n) is 11.1. The molecule has 6 heteroatoms. The first-order valence-corrected chi connectivity index (χ1v) is 11.5. The molecule has 0 aromatic heterocycles. The highest BCUT2D eigenvalue weighted by Crippen LogP contribution is 2.33. The largest absolute Gasteiger partial charge is 0.394 e. The van der Waals surface area contributed by atoms with Crippen molar-refractivity contribution in [3.05, 3.63) is 69.7 Å². The smallest absolute Gasteiger partial charge is 0.130 e. The molecule has 3 unspecified atom stereocenters. The van der Waals surface area contributed by atoms with Crippen molar-refractivity contribution in [2.45, 2.75) is 56.0 Å². The SMILES string of the molecule is OCC1CC(O)CC(c2ccc(Cl)c(Cc3ccc(C#CC4(O)CCOCC4)cc3)c2)O1. The van der Waals surface area contributed by atoms with Crippen LogP contribution in [0.1, 0.15) is 54.0 Å². The number of halogens is 1. The van der Waals surface area contributed by atoms with Crippen LogP contribution in [0.15, 0.2) is 42.5 Å². The zero-order chi connectivity index (χ0) is 22.6. The van der Waals surface area contributed by atoms with Gasteiger partial charge in [0.1, 0.15) is 5.60 Å². The summed E-state index contributed by atoms with van der Waals surface area (Å²) < 4.78 is 11.2. The zero-order valence-corrected chi connectivity index (χ0v) is 18.7. The molecular weight excluding hydrogens is 428 g/mol. The molecular formula is C26H29ClO5. The van der Waals surface area contributed by atoms with E-state index in [9.17, 15) is 15.3 Å². The lowest BCUT2D eigenvalue weighted by molar-refractivity contribution is -0.113. The number of ether oxygens (including phenoxy) is 2. The van der Waals surface area contributed by atoms with E-state index in [-0.39, 0.29) is 18.8 Å². The lowest BCUT2D eigenvalue weighted by atomic mass is 9.93. The van der Waals surface area contributed by atoms with E-state index in [0.717, 1.165) is 22.3 Å². The van der Waals surface area contributed by atoms with Gasteiger partial charge >= 0.3 is 0 Å². The second kappa shape index (κ2) is 10.4. The molecule has 0 aliphatic carbocycles. The van der Waals surface area contributed by atoms with Crippen molar-refractivity contribution in [3.8, 4) is 11.8 Å². The van der Waals surface area contributed by atoms with E-state index in [1.165, 1.54) is 0 Å². The summed E-state index contributed by atoms with van der Waals surface area (Å²) >= 11 is 6.46. The highest BCUT2D eigenvalue weighted by atomic mass is 35.5. The third-order valence-electron chi connectivity index (χ3n) is 6.13. The summed E-state index contributed by atoms with van der Waals surface area (Å²) in [6.07, 6.45) is 1.58. The van der Waals surface area contributed by atoms with Crippen LogP contribution < -0.4 is 0 Å². The molecule has 2 aromatic carbocycles. The number of benzene rings is 2. The van der Waals surface area contributed by atoms with Crippen molar-refractivity contribution < 1.29 is 24.8 Å². The average Bonchev–Trinajstić information content (AvgIpc) is 2.80. The van der Waals surface area contributed by atoms with Crippen molar-refractivity contribution in [3.63, 3.8) is 0 Å². The third-order valence-corrected chi connectivity index (χ3v) is 6.50. The Labute approximate surface area is 193 Å². The third kappa shape index (κ3) is 5.90. The van der Waals surface area contributed by atoms with E-state index < -0.39 is 11.7 Å². The van der Waals surface area contributed by atoms with Gasteiger partial charge in [-0.05, 0) is 41.3 Å². The second-order valence-electron chi connectivity index (χ2n) is 8.67. The molecule has 5 nitrogen and oxygen atoms in total. The van der Waals surface area contributed by atoms with Gasteiger partial charge in [-0.2, -0.15) is 0 Å². The van der Waals surface area contributed by atoms with E-state index in [4.69, 9.17) is 21.1 Å². The molecule has 2 aliphatic heterocycles. The van der Waals surface area contributed by atoms with Crippen LogP contribution in [0.5, 0.6) is 0 Å². The van der Waals surface area contributed by atoms with Crippen molar-refractivity contribution in [2.75, 3.05) is 19.8 Å². The predicted molar refractivity (Wildman–Crippen MR) is 123 cm³/mol. The molecule has 32 heavy (non-hydrogen) atoms. The number of rotatable bonds is 4. The van der Waals surface area contributed by atoms with E-state index in [2.05, 4.69) is 11.8 Å². The summed E-state index contributed by atoms with van der Waals surface area (Å²) in [5.74, 6) is 6.08. The van der Waals surface area contributed by atoms with Crippen LogP contribution in [-0.2, 0) is 15.9 Å². The summed E-state index contributed by atoms with van der Waals surface area (Å²) in [7, 11) is 0. The monoisotopic (exact) mass is 456 g/mol. The van der Waals surface area contributed by atoms with Gasteiger partial charge in [-0.15, -0.1) is 0 Å². The van der Waals surface area contributed by atoms with Crippen LogP contribution in [0, 0.1) is 11.8 Å². The molecule has 0 amide bonds. The number of hydrogen-bond acceptors (Lipinski definition) is 5. The molecule has 0 radical (unpaired) electrons. The van der Waals surface area contributed by atoms with Crippen molar-refractivity contribution in [1.82, 2.24) is 0 Å². The summed E-state index contributed by atoms with van der Waals surface area (Å²) in [5, 5.41) is 30.7. The first kappa shape index (κ1) is 23.3. The standard InChI is InChI=1S/C26H29ClO5/c27-24-6-5-20(25-16-22(29)15-23(17-28)32-25)14-21(24)13-19-3-1-18(2-4-19)7-8-26(30)9-11-31-12-10-26/h1-6,14,22-23,25,28-30H,9-13,15-17H2. The maximum absolute atomic E-state index is 10.5. The van der Waals surface area contributed by atoms with Gasteiger partial charge in [0.05, 0.1) is 38.1 Å². The van der Waals surface area contributed by atoms with Crippen molar-refractivity contribution in [1.29, 1.82) is 0 Å². The summed E-state index contributed by atoms with van der Waals surface area (Å²) in [6.45, 7) is 0.972. The maximum atomic E-state index is 10.5. The van der Waals surface area contributed by atoms with Gasteiger partial charge in [-0.25, -0.2) is 0 Å². The van der Waals surface area contributed by atoms with Gasteiger partial charge in [0.2, 0.25) is 0 Å². The van der Waals surface area contributed by atoms with Gasteiger partial charge in [-0.3, -0.25) is 0 Å². The van der Waals surface area contributed by atoms with Gasteiger partial charge in [0.15, 0.2) is 0 Å². The number of hydrogen-bond donors (Lipinski definition) is 3. The van der Waals surface area contributed by atoms with E-state index >= 15 is 0 Å². The highest BCUT2D eigenvalue weighted by Gasteiger charge is 2.29. The fourth-order valence-corrected chi connectivity index (χ4v) is 4.39. The molecule has 2 saturated heterocycles. The van der Waals surface area contributed by atoms with Crippen LogP contribution in [-0.4, -0.2) is 52.9 Å². The minimum Gasteiger partial charge on any atom is -0.394 e. The van der Waals surface area contributed by atoms with Crippen LogP contribution in [0.3, 0.4) is 0 Å². The topological polar surface area (TPSA) is 79.2 Å². The fraction of sp³-hybridized carbons (Fsp3) is 0.462. The maximum Gasteiger partial charge on any atom is 0.130 e. The van der Waals surface area contributed by atoms with Crippen molar-refractivity contribution >= 4 is 11.6 Å². The highest BCUT2D eigenvalue weighted by molar-refractivity contribution is 6.31. The molecule has 3 atom stereocenters. The Kier molecular flexibility index (Phi) is 7.52. The molecule has 2 aromatic rings. The molecule has 2 aliphatic rings. The summed E-state index contributed by atoms with van der Waals surface area (Å²) in [5.41, 5.74) is 2.91. The van der Waals surface area contributed by atoms with Gasteiger partial charge < -0.3 is 24.8 Å². The average molecular weight is 457 g/mol. The van der Waals surface area contributed by atoms with Gasteiger partial charge in [-0.1, -0.05) is 47.7 Å². The minimum absolute atomic E-state index is 0.103. The Morgan fingerprint density at radius 2 is 1.81 bits per heavy atom. The Morgan fingerprint density at radius 1 is 1.06 bits per heavy atom. The van der Waals surface area contributed by atoms with Crippen LogP contribution >= 0.6 is 11.6 Å². The van der Waals surface area contributed by atoms with Crippen LogP contribution in [0.4, 0.5) is 0 Å². The first-order chi connectivity index (χ1) is 15.4. The van der Waals surface area contributed by atoms with Gasteiger partial charge in [0.25, 0.3) is 0 Å². The summed E-state index contributed by atoms with van der Waals surface area (Å²) in [6, 6.07) is 13.7. The quantitative estimate of drug-likeness (QED) is 0.614. The van der Waals surface area contributed by atoms with E-state index in [1.807, 2.05) is 42.5 Å². The molecule has 170 valence electrons. The Balaban J connectivity index is 1.45. The molecule has 2 heterocycles. The molecule has 0 bridgehead atoms. The van der Waals surface area contributed by atoms with Gasteiger partial charge in [0, 0.05) is 36.3 Å². The number of aliphatic hydroxyl groups excluding tert-OH is 2. The second-order valence-corrected chi connectivity index (χ2v) is 9.08. The molecule has 3 N–H and O–H groups in total. The molecule has 0 spiro atoms. The lowest BCUT2D eigenvalue weighted by Crippen LogP contribution is -2.34. The number of aliphatic hydroxyl groups is 3. The Morgan fingerprint density at radius 3 is 2.53 bits per heavy atom. The fourth-order valence-electron chi connectivity index (χ4n) is 4.20. The van der Waals surface area contributed by atoms with Crippen LogP contribution in [0.25, 0.3) is 0 Å². The van der Waals surface area contributed by atoms with Crippen LogP contribution in [0.2, 0.25) is 5.02 Å². The molecule has 0 saturated carbocycles. The Hall–Kier alpha value is -1.91. The van der Waals surface area contributed by atoms with Crippen molar-refractivity contribution in [2.24, 2.45) is 0 Å². The minimum atomic E-state index is -0.964. The Bertz CT molecular complexity index is 972. The lowest BCUT2D eigenvalue weighted by Gasteiger charge is -2.32. The van der Waals surface area contributed by atoms with E-state index in [0.29, 0.717) is 50.3 Å². The van der Waals surface area contributed by atoms with E-state index in [1.54, 1.807) is 0 Å². The normalized spacial score (nSPS) is 25.1. The predicted octanol–water partition coefficient (Wildman–Crippen LogP) is 3.40. The molecule has 2 fully saturated rings. The zero-order valence-electron chi connectivity index (χ0n) is 18.0.